The average molecular weight is 443 g/mol. The Morgan fingerprint density at radius 2 is 1.61 bits per heavy atom. The van der Waals surface area contributed by atoms with E-state index in [1.54, 1.807) is 0 Å². The number of piperazine rings is 1. The van der Waals surface area contributed by atoms with Crippen molar-refractivity contribution < 1.29 is 4.79 Å². The lowest BCUT2D eigenvalue weighted by molar-refractivity contribution is 0.191. The van der Waals surface area contributed by atoms with Crippen LogP contribution in [-0.4, -0.2) is 65.6 Å². The van der Waals surface area contributed by atoms with Crippen molar-refractivity contribution in [2.75, 3.05) is 44.7 Å². The highest BCUT2D eigenvalue weighted by Crippen LogP contribution is 2.30. The molecular formula is C26H30N6O. The highest BCUT2D eigenvalue weighted by Gasteiger charge is 2.29. The van der Waals surface area contributed by atoms with Crippen molar-refractivity contribution in [2.24, 2.45) is 0 Å². The minimum atomic E-state index is -0.0408. The predicted octanol–water partition coefficient (Wildman–Crippen LogP) is 3.16. The summed E-state index contributed by atoms with van der Waals surface area (Å²) in [4.78, 5) is 29.5. The predicted molar refractivity (Wildman–Crippen MR) is 130 cm³/mol. The molecule has 0 radical (unpaired) electrons. The number of anilines is 1. The summed E-state index contributed by atoms with van der Waals surface area (Å²) in [6.07, 6.45) is 0.733. The Bertz CT molecular complexity index is 1100. The van der Waals surface area contributed by atoms with E-state index in [4.69, 9.17) is 9.97 Å². The second-order valence-electron chi connectivity index (χ2n) is 8.77. The van der Waals surface area contributed by atoms with Gasteiger partial charge in [-0.05, 0) is 12.6 Å². The molecule has 1 aromatic heterocycles. The fourth-order valence-corrected chi connectivity index (χ4v) is 4.45. The molecule has 0 unspecified atom stereocenters. The zero-order chi connectivity index (χ0) is 22.6. The fraction of sp³-hybridized carbons (Fsp3) is 0.346. The Labute approximate surface area is 195 Å². The smallest absolute Gasteiger partial charge is 0.317 e. The first-order chi connectivity index (χ1) is 16.2. The van der Waals surface area contributed by atoms with E-state index in [9.17, 15) is 4.79 Å². The van der Waals surface area contributed by atoms with Crippen LogP contribution in [0.3, 0.4) is 0 Å². The molecule has 1 N–H and O–H groups in total. The van der Waals surface area contributed by atoms with Gasteiger partial charge in [0.05, 0.1) is 12.2 Å². The van der Waals surface area contributed by atoms with Crippen LogP contribution in [0.5, 0.6) is 0 Å². The van der Waals surface area contributed by atoms with Gasteiger partial charge < -0.3 is 20.0 Å². The molecule has 5 rings (SSSR count). The Balaban J connectivity index is 1.40. The van der Waals surface area contributed by atoms with Gasteiger partial charge in [-0.3, -0.25) is 0 Å². The summed E-state index contributed by atoms with van der Waals surface area (Å²) in [5.74, 6) is 1.75. The van der Waals surface area contributed by atoms with E-state index in [-0.39, 0.29) is 6.03 Å². The SMILES string of the molecule is CN1CCN(c2nc(-c3ccccc3)nc3c2CN(C(=O)NCc2ccccc2)CC3)CC1. The normalized spacial score (nSPS) is 16.4. The molecule has 2 aliphatic heterocycles. The lowest BCUT2D eigenvalue weighted by Crippen LogP contribution is -2.47. The molecule has 170 valence electrons. The van der Waals surface area contributed by atoms with Crippen LogP contribution < -0.4 is 10.2 Å². The van der Waals surface area contributed by atoms with E-state index < -0.39 is 0 Å². The molecule has 7 nitrogen and oxygen atoms in total. The molecule has 1 fully saturated rings. The molecule has 2 aliphatic rings. The van der Waals surface area contributed by atoms with Gasteiger partial charge in [0.2, 0.25) is 0 Å². The standard InChI is InChI=1S/C26H30N6O/c1-30-14-16-31(17-15-30)25-22-19-32(26(33)27-18-20-8-4-2-5-9-20)13-12-23(22)28-24(29-25)21-10-6-3-7-11-21/h2-11H,12-19H2,1H3,(H,27,33). The van der Waals surface area contributed by atoms with Gasteiger partial charge in [-0.1, -0.05) is 60.7 Å². The van der Waals surface area contributed by atoms with Gasteiger partial charge in [0.25, 0.3) is 0 Å². The van der Waals surface area contributed by atoms with E-state index >= 15 is 0 Å². The summed E-state index contributed by atoms with van der Waals surface area (Å²) in [5.41, 5.74) is 4.26. The lowest BCUT2D eigenvalue weighted by atomic mass is 10.0. The quantitative estimate of drug-likeness (QED) is 0.673. The van der Waals surface area contributed by atoms with Crippen molar-refractivity contribution in [1.82, 2.24) is 25.1 Å². The maximum absolute atomic E-state index is 13.0. The van der Waals surface area contributed by atoms with E-state index in [0.717, 1.165) is 66.6 Å². The van der Waals surface area contributed by atoms with Crippen molar-refractivity contribution in [1.29, 1.82) is 0 Å². The van der Waals surface area contributed by atoms with Crippen molar-refractivity contribution >= 4 is 11.8 Å². The number of hydrogen-bond acceptors (Lipinski definition) is 5. The number of carbonyl (C=O) groups is 1. The summed E-state index contributed by atoms with van der Waals surface area (Å²) >= 11 is 0. The molecule has 1 saturated heterocycles. The molecule has 0 aliphatic carbocycles. The molecule has 0 saturated carbocycles. The first kappa shape index (κ1) is 21.4. The number of aromatic nitrogens is 2. The van der Waals surface area contributed by atoms with Crippen LogP contribution in [0, 0.1) is 0 Å². The van der Waals surface area contributed by atoms with Crippen LogP contribution in [0.2, 0.25) is 0 Å². The number of urea groups is 1. The zero-order valence-electron chi connectivity index (χ0n) is 19.1. The van der Waals surface area contributed by atoms with E-state index in [0.29, 0.717) is 19.6 Å². The summed E-state index contributed by atoms with van der Waals surface area (Å²) in [6, 6.07) is 20.1. The summed E-state index contributed by atoms with van der Waals surface area (Å²) in [7, 11) is 2.15. The Morgan fingerprint density at radius 1 is 0.909 bits per heavy atom. The third-order valence-corrected chi connectivity index (χ3v) is 6.45. The van der Waals surface area contributed by atoms with Crippen LogP contribution >= 0.6 is 0 Å². The maximum atomic E-state index is 13.0. The number of hydrogen-bond donors (Lipinski definition) is 1. The second-order valence-corrected chi connectivity index (χ2v) is 8.77. The number of likely N-dealkylation sites (N-methyl/N-ethyl adjacent to an activating group) is 1. The Morgan fingerprint density at radius 3 is 2.33 bits per heavy atom. The molecule has 33 heavy (non-hydrogen) atoms. The number of rotatable bonds is 4. The van der Waals surface area contributed by atoms with Gasteiger partial charge >= 0.3 is 6.03 Å². The van der Waals surface area contributed by atoms with Gasteiger partial charge in [-0.2, -0.15) is 0 Å². The molecular weight excluding hydrogens is 412 g/mol. The van der Waals surface area contributed by atoms with E-state index in [1.807, 2.05) is 53.4 Å². The third-order valence-electron chi connectivity index (χ3n) is 6.45. The molecule has 3 aromatic rings. The number of amides is 2. The summed E-state index contributed by atoms with van der Waals surface area (Å²) < 4.78 is 0. The molecule has 0 atom stereocenters. The van der Waals surface area contributed by atoms with E-state index in [2.05, 4.69) is 34.3 Å². The Kier molecular flexibility index (Phi) is 6.21. The number of benzene rings is 2. The summed E-state index contributed by atoms with van der Waals surface area (Å²) in [6.45, 7) is 5.57. The molecule has 0 bridgehead atoms. The molecule has 0 spiro atoms. The number of nitrogens with zero attached hydrogens (tertiary/aromatic N) is 5. The van der Waals surface area contributed by atoms with Crippen LogP contribution in [0.4, 0.5) is 10.6 Å². The van der Waals surface area contributed by atoms with Crippen molar-refractivity contribution in [3.63, 3.8) is 0 Å². The highest BCUT2D eigenvalue weighted by molar-refractivity contribution is 5.75. The number of nitrogens with one attached hydrogen (secondary N) is 1. The highest BCUT2D eigenvalue weighted by atomic mass is 16.2. The van der Waals surface area contributed by atoms with Crippen molar-refractivity contribution in [3.05, 3.63) is 77.5 Å². The summed E-state index contributed by atoms with van der Waals surface area (Å²) in [5, 5.41) is 3.07. The minimum absolute atomic E-state index is 0.0408. The monoisotopic (exact) mass is 442 g/mol. The van der Waals surface area contributed by atoms with Gasteiger partial charge in [0, 0.05) is 56.8 Å². The number of carbonyl (C=O) groups excluding carboxylic acids is 1. The fourth-order valence-electron chi connectivity index (χ4n) is 4.45. The van der Waals surface area contributed by atoms with E-state index in [1.165, 1.54) is 0 Å². The lowest BCUT2D eigenvalue weighted by Gasteiger charge is -2.37. The molecule has 7 heteroatoms. The first-order valence-corrected chi connectivity index (χ1v) is 11.6. The second kappa shape index (κ2) is 9.58. The largest absolute Gasteiger partial charge is 0.354 e. The van der Waals surface area contributed by atoms with Gasteiger partial charge in [-0.25, -0.2) is 14.8 Å². The van der Waals surface area contributed by atoms with Crippen LogP contribution in [-0.2, 0) is 19.5 Å². The Hall–Kier alpha value is -3.45. The maximum Gasteiger partial charge on any atom is 0.317 e. The zero-order valence-corrected chi connectivity index (χ0v) is 19.1. The molecule has 2 aromatic carbocycles. The molecule has 2 amide bonds. The van der Waals surface area contributed by atoms with Crippen molar-refractivity contribution in [2.45, 2.75) is 19.5 Å². The van der Waals surface area contributed by atoms with Gasteiger partial charge in [-0.15, -0.1) is 0 Å². The topological polar surface area (TPSA) is 64.6 Å². The molecule has 3 heterocycles. The van der Waals surface area contributed by atoms with Crippen LogP contribution in [0.15, 0.2) is 60.7 Å². The van der Waals surface area contributed by atoms with Gasteiger partial charge in [0.1, 0.15) is 5.82 Å². The van der Waals surface area contributed by atoms with Crippen molar-refractivity contribution in [3.8, 4) is 11.4 Å². The van der Waals surface area contributed by atoms with Gasteiger partial charge in [0.15, 0.2) is 5.82 Å². The first-order valence-electron chi connectivity index (χ1n) is 11.6. The number of fused-ring (bicyclic) bond motifs is 1. The van der Waals surface area contributed by atoms with Crippen LogP contribution in [0.1, 0.15) is 16.8 Å². The average Bonchev–Trinajstić information content (AvgIpc) is 2.88. The van der Waals surface area contributed by atoms with Crippen LogP contribution in [0.25, 0.3) is 11.4 Å². The minimum Gasteiger partial charge on any atom is -0.354 e. The third kappa shape index (κ3) is 4.83.